The van der Waals surface area contributed by atoms with Gasteiger partial charge < -0.3 is 15.0 Å². The van der Waals surface area contributed by atoms with E-state index < -0.39 is 36.0 Å². The zero-order chi connectivity index (χ0) is 24.4. The van der Waals surface area contributed by atoms with Crippen LogP contribution in [0.2, 0.25) is 0 Å². The van der Waals surface area contributed by atoms with E-state index in [2.05, 4.69) is 15.4 Å². The number of benzene rings is 2. The predicted octanol–water partition coefficient (Wildman–Crippen LogP) is 2.76. The first-order valence-corrected chi connectivity index (χ1v) is 10.5. The van der Waals surface area contributed by atoms with Gasteiger partial charge in [-0.3, -0.25) is 24.5 Å². The lowest BCUT2D eigenvalue weighted by molar-refractivity contribution is -0.137. The number of hydrogen-bond donors (Lipinski definition) is 2. The molecule has 0 saturated carbocycles. The molecule has 34 heavy (non-hydrogen) atoms. The van der Waals surface area contributed by atoms with Crippen LogP contribution in [0.15, 0.2) is 36.4 Å². The second-order valence-corrected chi connectivity index (χ2v) is 7.99. The average Bonchev–Trinajstić information content (AvgIpc) is 3.07. The highest BCUT2D eigenvalue weighted by atomic mass is 19.3. The number of ether oxygens (including phenoxy) is 1. The molecule has 1 unspecified atom stereocenters. The number of nitrogens with zero attached hydrogens (tertiary/aromatic N) is 1. The van der Waals surface area contributed by atoms with Gasteiger partial charge >= 0.3 is 6.61 Å². The van der Waals surface area contributed by atoms with Gasteiger partial charge in [0, 0.05) is 42.8 Å². The Bertz CT molecular complexity index is 1170. The summed E-state index contributed by atoms with van der Waals surface area (Å²) < 4.78 is 42.5. The van der Waals surface area contributed by atoms with Crippen LogP contribution in [0.1, 0.15) is 40.7 Å². The minimum absolute atomic E-state index is 0.00855. The normalized spacial score (nSPS) is 17.6. The van der Waals surface area contributed by atoms with Crippen LogP contribution in [0, 0.1) is 5.82 Å². The number of carbonyl (C=O) groups excluding carboxylic acids is 4. The van der Waals surface area contributed by atoms with Gasteiger partial charge in [-0.05, 0) is 36.1 Å². The Balaban J connectivity index is 1.37. The number of rotatable bonds is 7. The SMILES string of the molecule is O=C1CCC(N2Cc3ccc(CCC(=O)Nc4cc(F)cc(OC(F)F)c4)cc3C2=O)C(=O)N1. The molecular weight excluding hydrogens is 455 g/mol. The van der Waals surface area contributed by atoms with Crippen molar-refractivity contribution >= 4 is 29.3 Å². The maximum absolute atomic E-state index is 13.6. The van der Waals surface area contributed by atoms with Crippen molar-refractivity contribution in [1.82, 2.24) is 10.2 Å². The van der Waals surface area contributed by atoms with Crippen molar-refractivity contribution in [2.24, 2.45) is 0 Å². The van der Waals surface area contributed by atoms with E-state index in [1.807, 2.05) is 0 Å². The Morgan fingerprint density at radius 1 is 1.18 bits per heavy atom. The second kappa shape index (κ2) is 9.54. The monoisotopic (exact) mass is 475 g/mol. The summed E-state index contributed by atoms with van der Waals surface area (Å²) in [5, 5.41) is 4.68. The minimum Gasteiger partial charge on any atom is -0.435 e. The van der Waals surface area contributed by atoms with Crippen molar-refractivity contribution in [3.05, 3.63) is 58.9 Å². The fourth-order valence-electron chi connectivity index (χ4n) is 4.04. The molecule has 1 atom stereocenters. The van der Waals surface area contributed by atoms with Crippen LogP contribution >= 0.6 is 0 Å². The summed E-state index contributed by atoms with van der Waals surface area (Å²) in [6.45, 7) is -2.87. The summed E-state index contributed by atoms with van der Waals surface area (Å²) in [4.78, 5) is 50.1. The van der Waals surface area contributed by atoms with E-state index in [0.717, 1.165) is 23.8 Å². The van der Waals surface area contributed by atoms with E-state index in [-0.39, 0.29) is 49.7 Å². The Kier molecular flexibility index (Phi) is 6.53. The molecule has 1 fully saturated rings. The molecule has 2 N–H and O–H groups in total. The lowest BCUT2D eigenvalue weighted by Crippen LogP contribution is -2.52. The Morgan fingerprint density at radius 2 is 1.97 bits per heavy atom. The molecule has 2 aromatic carbocycles. The molecule has 2 aliphatic heterocycles. The molecule has 4 rings (SSSR count). The number of carbonyl (C=O) groups is 4. The van der Waals surface area contributed by atoms with Gasteiger partial charge in [0.05, 0.1) is 0 Å². The number of amides is 4. The number of alkyl halides is 2. The first-order chi connectivity index (χ1) is 16.2. The lowest BCUT2D eigenvalue weighted by atomic mass is 10.0. The van der Waals surface area contributed by atoms with Crippen LogP contribution in [-0.2, 0) is 27.3 Å². The molecule has 0 bridgehead atoms. The zero-order valence-electron chi connectivity index (χ0n) is 17.8. The Labute approximate surface area is 192 Å². The maximum atomic E-state index is 13.6. The number of halogens is 3. The van der Waals surface area contributed by atoms with Crippen LogP contribution in [-0.4, -0.2) is 41.2 Å². The molecule has 2 aromatic rings. The fraction of sp³-hybridized carbons (Fsp3) is 0.304. The molecule has 8 nitrogen and oxygen atoms in total. The summed E-state index contributed by atoms with van der Waals surface area (Å²) in [6.07, 6.45) is 0.686. The van der Waals surface area contributed by atoms with Crippen molar-refractivity contribution in [3.8, 4) is 5.75 Å². The van der Waals surface area contributed by atoms with Crippen molar-refractivity contribution in [1.29, 1.82) is 0 Å². The van der Waals surface area contributed by atoms with E-state index in [0.29, 0.717) is 11.1 Å². The van der Waals surface area contributed by atoms with Gasteiger partial charge in [-0.15, -0.1) is 0 Å². The van der Waals surface area contributed by atoms with Crippen LogP contribution in [0.25, 0.3) is 0 Å². The molecule has 2 heterocycles. The predicted molar refractivity (Wildman–Crippen MR) is 112 cm³/mol. The molecule has 4 amide bonds. The number of nitrogens with one attached hydrogen (secondary N) is 2. The number of fused-ring (bicyclic) bond motifs is 1. The van der Waals surface area contributed by atoms with E-state index in [1.54, 1.807) is 18.2 Å². The number of aryl methyl sites for hydroxylation is 1. The lowest BCUT2D eigenvalue weighted by Gasteiger charge is -2.29. The topological polar surface area (TPSA) is 105 Å². The third-order valence-electron chi connectivity index (χ3n) is 5.61. The molecule has 2 aliphatic rings. The van der Waals surface area contributed by atoms with Crippen molar-refractivity contribution < 1.29 is 37.1 Å². The molecule has 1 saturated heterocycles. The van der Waals surface area contributed by atoms with Gasteiger partial charge in [-0.2, -0.15) is 8.78 Å². The van der Waals surface area contributed by atoms with Gasteiger partial charge in [0.2, 0.25) is 17.7 Å². The Morgan fingerprint density at radius 3 is 2.71 bits per heavy atom. The van der Waals surface area contributed by atoms with Crippen LogP contribution in [0.3, 0.4) is 0 Å². The van der Waals surface area contributed by atoms with Crippen molar-refractivity contribution in [2.75, 3.05) is 5.32 Å². The molecular formula is C23H20F3N3O5. The van der Waals surface area contributed by atoms with Crippen molar-refractivity contribution in [2.45, 2.75) is 44.9 Å². The second-order valence-electron chi connectivity index (χ2n) is 7.99. The first-order valence-electron chi connectivity index (χ1n) is 10.5. The smallest absolute Gasteiger partial charge is 0.387 e. The number of imide groups is 1. The number of piperidine rings is 1. The molecule has 178 valence electrons. The summed E-state index contributed by atoms with van der Waals surface area (Å²) in [5.41, 5.74) is 1.86. The highest BCUT2D eigenvalue weighted by Crippen LogP contribution is 2.28. The van der Waals surface area contributed by atoms with Crippen LogP contribution in [0.5, 0.6) is 5.75 Å². The highest BCUT2D eigenvalue weighted by molar-refractivity contribution is 6.05. The fourth-order valence-corrected chi connectivity index (χ4v) is 4.04. The summed E-state index contributed by atoms with van der Waals surface area (Å²) >= 11 is 0. The molecule has 0 radical (unpaired) electrons. The van der Waals surface area contributed by atoms with E-state index >= 15 is 0 Å². The van der Waals surface area contributed by atoms with Gasteiger partial charge in [-0.25, -0.2) is 4.39 Å². The molecule has 0 aromatic heterocycles. The summed E-state index contributed by atoms with van der Waals surface area (Å²) in [5.74, 6) is -2.90. The first kappa shape index (κ1) is 23.3. The Hall–Kier alpha value is -3.89. The van der Waals surface area contributed by atoms with Gasteiger partial charge in [-0.1, -0.05) is 12.1 Å². The third-order valence-corrected chi connectivity index (χ3v) is 5.61. The van der Waals surface area contributed by atoms with Gasteiger partial charge in [0.1, 0.15) is 17.6 Å². The van der Waals surface area contributed by atoms with Crippen LogP contribution < -0.4 is 15.4 Å². The molecule has 0 spiro atoms. The minimum atomic E-state index is -3.13. The van der Waals surface area contributed by atoms with Gasteiger partial charge in [0.15, 0.2) is 0 Å². The third kappa shape index (κ3) is 5.19. The summed E-state index contributed by atoms with van der Waals surface area (Å²) in [7, 11) is 0. The van der Waals surface area contributed by atoms with Crippen LogP contribution in [0.4, 0.5) is 18.9 Å². The number of anilines is 1. The average molecular weight is 475 g/mol. The number of hydrogen-bond acceptors (Lipinski definition) is 5. The summed E-state index contributed by atoms with van der Waals surface area (Å²) in [6, 6.07) is 7.32. The quantitative estimate of drug-likeness (QED) is 0.600. The standard InChI is InChI=1S/C23H20F3N3O5/c24-14-8-15(10-16(9-14)34-23(25)26)27-19(30)5-2-12-1-3-13-11-29(22(33)17(13)7-12)18-4-6-20(31)28-21(18)32/h1,3,7-10,18,23H,2,4-6,11H2,(H,27,30)(H,28,31,32). The zero-order valence-corrected chi connectivity index (χ0v) is 17.8. The highest BCUT2D eigenvalue weighted by Gasteiger charge is 2.39. The van der Waals surface area contributed by atoms with E-state index in [4.69, 9.17) is 0 Å². The van der Waals surface area contributed by atoms with Gasteiger partial charge in [0.25, 0.3) is 5.91 Å². The van der Waals surface area contributed by atoms with Crippen molar-refractivity contribution in [3.63, 3.8) is 0 Å². The largest absolute Gasteiger partial charge is 0.435 e. The molecule has 11 heteroatoms. The maximum Gasteiger partial charge on any atom is 0.387 e. The van der Waals surface area contributed by atoms with E-state index in [1.165, 1.54) is 4.90 Å². The van der Waals surface area contributed by atoms with E-state index in [9.17, 15) is 32.3 Å². The molecule has 0 aliphatic carbocycles.